The van der Waals surface area contributed by atoms with Gasteiger partial charge in [-0.3, -0.25) is 9.69 Å². The van der Waals surface area contributed by atoms with Crippen molar-refractivity contribution in [2.45, 2.75) is 38.3 Å². The summed E-state index contributed by atoms with van der Waals surface area (Å²) in [5.74, 6) is 0.103. The number of amides is 1. The zero-order valence-corrected chi connectivity index (χ0v) is 12.6. The highest BCUT2D eigenvalue weighted by atomic mass is 16.3. The monoisotopic (exact) mass is 291 g/mol. The molecule has 1 atom stereocenters. The summed E-state index contributed by atoms with van der Waals surface area (Å²) in [5.41, 5.74) is 6.87. The lowest BCUT2D eigenvalue weighted by Crippen LogP contribution is -2.45. The average Bonchev–Trinajstić information content (AvgIpc) is 3.30. The highest BCUT2D eigenvalue weighted by molar-refractivity contribution is 5.81. The quantitative estimate of drug-likeness (QED) is 0.664. The molecule has 0 saturated heterocycles. The predicted octanol–water partition coefficient (Wildman–Crippen LogP) is 0.863. The second kappa shape index (κ2) is 7.43. The third kappa shape index (κ3) is 5.02. The maximum absolute atomic E-state index is 12.0. The summed E-state index contributed by atoms with van der Waals surface area (Å²) in [5, 5.41) is 12.1. The van der Waals surface area contributed by atoms with Gasteiger partial charge in [0.2, 0.25) is 5.91 Å². The Balaban J connectivity index is 1.70. The third-order valence-corrected chi connectivity index (χ3v) is 3.90. The minimum Gasteiger partial charge on any atom is -0.508 e. The summed E-state index contributed by atoms with van der Waals surface area (Å²) in [6, 6.07) is 6.95. The van der Waals surface area contributed by atoms with Crippen molar-refractivity contribution in [3.8, 4) is 5.75 Å². The van der Waals surface area contributed by atoms with Crippen LogP contribution >= 0.6 is 0 Å². The van der Waals surface area contributed by atoms with Crippen LogP contribution in [0.25, 0.3) is 0 Å². The van der Waals surface area contributed by atoms with Gasteiger partial charge in [-0.15, -0.1) is 0 Å². The maximum atomic E-state index is 12.0. The molecule has 5 nitrogen and oxygen atoms in total. The van der Waals surface area contributed by atoms with Crippen molar-refractivity contribution in [1.82, 2.24) is 10.2 Å². The number of likely N-dealkylation sites (N-methyl/N-ethyl adjacent to an activating group) is 1. The van der Waals surface area contributed by atoms with E-state index in [1.165, 1.54) is 12.8 Å². The fourth-order valence-electron chi connectivity index (χ4n) is 2.47. The number of hydrogen-bond donors (Lipinski definition) is 3. The average molecular weight is 291 g/mol. The van der Waals surface area contributed by atoms with Crippen molar-refractivity contribution in [2.24, 2.45) is 5.73 Å². The normalized spacial score (nSPS) is 16.0. The molecule has 1 aliphatic rings. The number of hydrogen-bond acceptors (Lipinski definition) is 4. The van der Waals surface area contributed by atoms with Crippen LogP contribution in [0.4, 0.5) is 0 Å². The van der Waals surface area contributed by atoms with Gasteiger partial charge in [-0.05, 0) is 43.5 Å². The fraction of sp³-hybridized carbons (Fsp3) is 0.562. The molecule has 0 unspecified atom stereocenters. The van der Waals surface area contributed by atoms with Crippen molar-refractivity contribution in [2.75, 3.05) is 19.6 Å². The van der Waals surface area contributed by atoms with Crippen molar-refractivity contribution in [3.63, 3.8) is 0 Å². The highest BCUT2D eigenvalue weighted by Gasteiger charge is 2.27. The molecule has 0 aromatic heterocycles. The van der Waals surface area contributed by atoms with E-state index in [1.807, 2.05) is 0 Å². The van der Waals surface area contributed by atoms with Gasteiger partial charge in [0, 0.05) is 19.1 Å². The Morgan fingerprint density at radius 2 is 2.10 bits per heavy atom. The van der Waals surface area contributed by atoms with Gasteiger partial charge in [-0.1, -0.05) is 19.1 Å². The lowest BCUT2D eigenvalue weighted by Gasteiger charge is -2.20. The molecule has 1 aromatic rings. The molecule has 1 saturated carbocycles. The van der Waals surface area contributed by atoms with Crippen molar-refractivity contribution in [1.29, 1.82) is 0 Å². The molecule has 116 valence electrons. The van der Waals surface area contributed by atoms with E-state index in [-0.39, 0.29) is 11.7 Å². The number of nitrogens with one attached hydrogen (secondary N) is 1. The number of aromatic hydroxyl groups is 1. The molecule has 0 radical (unpaired) electrons. The number of carbonyl (C=O) groups is 1. The molecule has 0 bridgehead atoms. The first-order chi connectivity index (χ1) is 10.1. The van der Waals surface area contributed by atoms with Crippen LogP contribution in [0.3, 0.4) is 0 Å². The number of phenols is 1. The Labute approximate surface area is 126 Å². The van der Waals surface area contributed by atoms with Crippen molar-refractivity contribution >= 4 is 5.91 Å². The molecule has 1 aromatic carbocycles. The summed E-state index contributed by atoms with van der Waals surface area (Å²) in [6.07, 6.45) is 3.04. The lowest BCUT2D eigenvalue weighted by molar-refractivity contribution is -0.122. The molecule has 1 fully saturated rings. The predicted molar refractivity (Wildman–Crippen MR) is 83.1 cm³/mol. The van der Waals surface area contributed by atoms with Crippen molar-refractivity contribution < 1.29 is 9.90 Å². The van der Waals surface area contributed by atoms with Gasteiger partial charge in [0.05, 0.1) is 6.04 Å². The molecule has 21 heavy (non-hydrogen) atoms. The van der Waals surface area contributed by atoms with Crippen LogP contribution in [0.1, 0.15) is 25.3 Å². The zero-order valence-electron chi connectivity index (χ0n) is 12.6. The van der Waals surface area contributed by atoms with Crippen LogP contribution in [0.2, 0.25) is 0 Å². The standard InChI is InChI=1S/C16H25N3O2/c1-2-19(13-5-6-13)10-9-18-16(21)15(17)11-12-3-7-14(20)8-4-12/h3-4,7-8,13,15,20H,2,5-6,9-11,17H2,1H3,(H,18,21)/t15-/m0/s1. The van der Waals surface area contributed by atoms with E-state index < -0.39 is 6.04 Å². The molecule has 4 N–H and O–H groups in total. The Morgan fingerprint density at radius 3 is 2.67 bits per heavy atom. The Kier molecular flexibility index (Phi) is 5.59. The molecule has 2 rings (SSSR count). The van der Waals surface area contributed by atoms with E-state index in [1.54, 1.807) is 24.3 Å². The van der Waals surface area contributed by atoms with Gasteiger partial charge in [0.15, 0.2) is 0 Å². The number of phenolic OH excluding ortho intramolecular Hbond substituents is 1. The zero-order chi connectivity index (χ0) is 15.2. The van der Waals surface area contributed by atoms with Gasteiger partial charge < -0.3 is 16.2 Å². The Hall–Kier alpha value is -1.59. The first-order valence-corrected chi connectivity index (χ1v) is 7.65. The molecule has 0 aliphatic heterocycles. The van der Waals surface area contributed by atoms with Gasteiger partial charge in [0.25, 0.3) is 0 Å². The summed E-state index contributed by atoms with van der Waals surface area (Å²) < 4.78 is 0. The van der Waals surface area contributed by atoms with Crippen LogP contribution in [-0.2, 0) is 11.2 Å². The van der Waals surface area contributed by atoms with Gasteiger partial charge >= 0.3 is 0 Å². The smallest absolute Gasteiger partial charge is 0.237 e. The van der Waals surface area contributed by atoms with Crippen LogP contribution in [0.15, 0.2) is 24.3 Å². The number of nitrogens with two attached hydrogens (primary N) is 1. The Bertz CT molecular complexity index is 457. The molecule has 0 heterocycles. The number of rotatable bonds is 8. The number of nitrogens with zero attached hydrogens (tertiary/aromatic N) is 1. The molecule has 0 spiro atoms. The summed E-state index contributed by atoms with van der Waals surface area (Å²) >= 11 is 0. The van der Waals surface area contributed by atoms with E-state index in [9.17, 15) is 9.90 Å². The van der Waals surface area contributed by atoms with E-state index in [2.05, 4.69) is 17.1 Å². The molecule has 1 aliphatic carbocycles. The minimum atomic E-state index is -0.550. The largest absolute Gasteiger partial charge is 0.508 e. The molecule has 5 heteroatoms. The SMILES string of the molecule is CCN(CCNC(=O)[C@@H](N)Cc1ccc(O)cc1)C1CC1. The van der Waals surface area contributed by atoms with Crippen LogP contribution in [0.5, 0.6) is 5.75 Å². The van der Waals surface area contributed by atoms with E-state index in [0.717, 1.165) is 24.7 Å². The van der Waals surface area contributed by atoms with E-state index >= 15 is 0 Å². The molecule has 1 amide bonds. The third-order valence-electron chi connectivity index (χ3n) is 3.90. The van der Waals surface area contributed by atoms with Gasteiger partial charge in [-0.25, -0.2) is 0 Å². The molecular weight excluding hydrogens is 266 g/mol. The summed E-state index contributed by atoms with van der Waals surface area (Å²) in [7, 11) is 0. The maximum Gasteiger partial charge on any atom is 0.237 e. The number of benzene rings is 1. The lowest BCUT2D eigenvalue weighted by atomic mass is 10.1. The topological polar surface area (TPSA) is 78.6 Å². The number of carbonyl (C=O) groups excluding carboxylic acids is 1. The van der Waals surface area contributed by atoms with Gasteiger partial charge in [-0.2, -0.15) is 0 Å². The fourth-order valence-corrected chi connectivity index (χ4v) is 2.47. The summed E-state index contributed by atoms with van der Waals surface area (Å²) in [6.45, 7) is 4.71. The van der Waals surface area contributed by atoms with Gasteiger partial charge in [0.1, 0.15) is 5.75 Å². The van der Waals surface area contributed by atoms with Crippen molar-refractivity contribution in [3.05, 3.63) is 29.8 Å². The van der Waals surface area contributed by atoms with Crippen LogP contribution < -0.4 is 11.1 Å². The first-order valence-electron chi connectivity index (χ1n) is 7.65. The molecular formula is C16H25N3O2. The first kappa shape index (κ1) is 15.8. The van der Waals surface area contributed by atoms with Crippen LogP contribution in [-0.4, -0.2) is 47.6 Å². The summed E-state index contributed by atoms with van der Waals surface area (Å²) in [4.78, 5) is 14.4. The second-order valence-electron chi connectivity index (χ2n) is 5.63. The Morgan fingerprint density at radius 1 is 1.43 bits per heavy atom. The highest BCUT2D eigenvalue weighted by Crippen LogP contribution is 2.25. The van der Waals surface area contributed by atoms with Crippen LogP contribution in [0, 0.1) is 0 Å². The van der Waals surface area contributed by atoms with E-state index in [0.29, 0.717) is 13.0 Å². The van der Waals surface area contributed by atoms with E-state index in [4.69, 9.17) is 5.73 Å². The second-order valence-corrected chi connectivity index (χ2v) is 5.63. The minimum absolute atomic E-state index is 0.116.